The molecule has 2 heteroatoms. The van der Waals surface area contributed by atoms with Gasteiger partial charge >= 0.3 is 0 Å². The highest BCUT2D eigenvalue weighted by atomic mass is 16.5. The number of nitrogens with zero attached hydrogens (tertiary/aromatic N) is 1. The van der Waals surface area contributed by atoms with Crippen LogP contribution in [0.25, 0.3) is 0 Å². The van der Waals surface area contributed by atoms with Gasteiger partial charge in [0.2, 0.25) is 0 Å². The monoisotopic (exact) mass is 114 g/mol. The molecule has 8 heavy (non-hydrogen) atoms. The summed E-state index contributed by atoms with van der Waals surface area (Å²) in [6, 6.07) is 0. The van der Waals surface area contributed by atoms with E-state index < -0.39 is 0 Å². The maximum atomic E-state index is 5.13. The van der Waals surface area contributed by atoms with Crippen LogP contribution < -0.4 is 0 Å². The van der Waals surface area contributed by atoms with E-state index in [2.05, 4.69) is 11.8 Å². The van der Waals surface area contributed by atoms with Crippen molar-refractivity contribution < 1.29 is 4.74 Å². The molecule has 1 heterocycles. The molecule has 0 unspecified atom stereocenters. The molecule has 1 aliphatic rings. The van der Waals surface area contributed by atoms with Crippen molar-refractivity contribution in [2.75, 3.05) is 32.8 Å². The molecule has 0 radical (unpaired) electrons. The van der Waals surface area contributed by atoms with Gasteiger partial charge in [-0.3, -0.25) is 4.90 Å². The third kappa shape index (κ3) is 1.39. The fourth-order valence-corrected chi connectivity index (χ4v) is 0.825. The summed E-state index contributed by atoms with van der Waals surface area (Å²) < 4.78 is 5.13. The second kappa shape index (κ2) is 2.95. The number of morpholine rings is 1. The van der Waals surface area contributed by atoms with Crippen molar-refractivity contribution in [3.05, 3.63) is 6.92 Å². The van der Waals surface area contributed by atoms with E-state index in [0.29, 0.717) is 0 Å². The number of hydrogen-bond donors (Lipinski definition) is 0. The Kier molecular flexibility index (Phi) is 2.18. The molecule has 1 aliphatic heterocycles. The van der Waals surface area contributed by atoms with Gasteiger partial charge in [-0.15, -0.1) is 0 Å². The van der Waals surface area contributed by atoms with E-state index >= 15 is 0 Å². The van der Waals surface area contributed by atoms with Gasteiger partial charge < -0.3 is 4.74 Å². The zero-order valence-corrected chi connectivity index (χ0v) is 5.10. The molecule has 1 rings (SSSR count). The molecular formula is C6H12NO+. The second-order valence-electron chi connectivity index (χ2n) is 1.95. The van der Waals surface area contributed by atoms with E-state index in [4.69, 9.17) is 4.74 Å². The summed E-state index contributed by atoms with van der Waals surface area (Å²) in [6.45, 7) is 8.59. The minimum Gasteiger partial charge on any atom is -0.379 e. The van der Waals surface area contributed by atoms with Gasteiger partial charge in [-0.1, -0.05) is 0 Å². The zero-order chi connectivity index (χ0) is 5.82. The Morgan fingerprint density at radius 3 is 2.38 bits per heavy atom. The quantitative estimate of drug-likeness (QED) is 0.450. The highest BCUT2D eigenvalue weighted by Gasteiger charge is 2.08. The minimum atomic E-state index is 0.884. The Bertz CT molecular complexity index is 59.5. The summed E-state index contributed by atoms with van der Waals surface area (Å²) in [5, 5.41) is 0. The lowest BCUT2D eigenvalue weighted by molar-refractivity contribution is 0.0431. The Balaban J connectivity index is 2.13. The number of rotatable bonds is 1. The average Bonchev–Trinajstić information content (AvgIpc) is 1.90. The number of ether oxygens (including phenoxy) is 1. The van der Waals surface area contributed by atoms with Crippen LogP contribution in [0.15, 0.2) is 0 Å². The molecular weight excluding hydrogens is 102 g/mol. The van der Waals surface area contributed by atoms with Crippen molar-refractivity contribution in [2.45, 2.75) is 0 Å². The summed E-state index contributed by atoms with van der Waals surface area (Å²) in [7, 11) is 0. The van der Waals surface area contributed by atoms with Gasteiger partial charge in [0.25, 0.3) is 0 Å². The standard InChI is InChI=1S/C6H12NO/c1-2-7-3-5-8-6-4-7/h1-6H2/q+1. The molecule has 46 valence electrons. The Morgan fingerprint density at radius 2 is 2.00 bits per heavy atom. The van der Waals surface area contributed by atoms with Crippen LogP contribution in [0.3, 0.4) is 0 Å². The van der Waals surface area contributed by atoms with Gasteiger partial charge in [-0.2, -0.15) is 0 Å². The van der Waals surface area contributed by atoms with Gasteiger partial charge in [0, 0.05) is 13.1 Å². The Hall–Kier alpha value is -0.210. The Morgan fingerprint density at radius 1 is 1.38 bits per heavy atom. The van der Waals surface area contributed by atoms with Crippen molar-refractivity contribution in [1.82, 2.24) is 4.90 Å². The lowest BCUT2D eigenvalue weighted by Gasteiger charge is -2.21. The first kappa shape index (κ1) is 5.92. The molecule has 0 bridgehead atoms. The van der Waals surface area contributed by atoms with Crippen molar-refractivity contribution in [3.8, 4) is 0 Å². The minimum absolute atomic E-state index is 0.884. The van der Waals surface area contributed by atoms with Gasteiger partial charge in [0.15, 0.2) is 0 Å². The summed E-state index contributed by atoms with van der Waals surface area (Å²) >= 11 is 0. The largest absolute Gasteiger partial charge is 0.379 e. The highest BCUT2D eigenvalue weighted by Crippen LogP contribution is 1.93. The summed E-state index contributed by atoms with van der Waals surface area (Å²) in [4.78, 5) is 2.28. The smallest absolute Gasteiger partial charge is 0.139 e. The van der Waals surface area contributed by atoms with Crippen molar-refractivity contribution >= 4 is 0 Å². The molecule has 0 spiro atoms. The van der Waals surface area contributed by atoms with E-state index in [1.54, 1.807) is 0 Å². The van der Waals surface area contributed by atoms with Gasteiger partial charge in [0.05, 0.1) is 20.1 Å². The third-order valence-corrected chi connectivity index (χ3v) is 1.42. The predicted molar refractivity (Wildman–Crippen MR) is 32.6 cm³/mol. The van der Waals surface area contributed by atoms with Crippen LogP contribution in [0.4, 0.5) is 0 Å². The summed E-state index contributed by atoms with van der Waals surface area (Å²) in [5.41, 5.74) is 0. The molecule has 0 N–H and O–H groups in total. The molecule has 1 saturated heterocycles. The lowest BCUT2D eigenvalue weighted by Crippen LogP contribution is -2.35. The van der Waals surface area contributed by atoms with Crippen LogP contribution >= 0.6 is 0 Å². The van der Waals surface area contributed by atoms with Gasteiger partial charge in [0.1, 0.15) is 6.54 Å². The summed E-state index contributed by atoms with van der Waals surface area (Å²) in [5.74, 6) is 0. The predicted octanol–water partition coefficient (Wildman–Crippen LogP) is 0.153. The van der Waals surface area contributed by atoms with Crippen molar-refractivity contribution in [2.24, 2.45) is 0 Å². The second-order valence-corrected chi connectivity index (χ2v) is 1.95. The van der Waals surface area contributed by atoms with Crippen molar-refractivity contribution in [1.29, 1.82) is 0 Å². The fraction of sp³-hybridized carbons (Fsp3) is 0.833. The highest BCUT2D eigenvalue weighted by molar-refractivity contribution is 4.61. The maximum absolute atomic E-state index is 5.13. The van der Waals surface area contributed by atoms with E-state index in [0.717, 1.165) is 32.8 Å². The topological polar surface area (TPSA) is 12.5 Å². The third-order valence-electron chi connectivity index (χ3n) is 1.42. The van der Waals surface area contributed by atoms with Crippen LogP contribution in [0.2, 0.25) is 0 Å². The number of hydrogen-bond acceptors (Lipinski definition) is 2. The van der Waals surface area contributed by atoms with Crippen molar-refractivity contribution in [3.63, 3.8) is 0 Å². The first-order valence-corrected chi connectivity index (χ1v) is 3.03. The van der Waals surface area contributed by atoms with Gasteiger partial charge in [-0.25, -0.2) is 0 Å². The zero-order valence-electron chi connectivity index (χ0n) is 5.10. The molecule has 0 aromatic rings. The van der Waals surface area contributed by atoms with E-state index in [1.165, 1.54) is 0 Å². The van der Waals surface area contributed by atoms with E-state index in [1.807, 2.05) is 0 Å². The molecule has 0 aliphatic carbocycles. The molecule has 2 nitrogen and oxygen atoms in total. The van der Waals surface area contributed by atoms with Crippen LogP contribution in [0.1, 0.15) is 0 Å². The molecule has 1 fully saturated rings. The molecule has 0 aromatic carbocycles. The fourth-order valence-electron chi connectivity index (χ4n) is 0.825. The average molecular weight is 114 g/mol. The van der Waals surface area contributed by atoms with Gasteiger partial charge in [-0.05, 0) is 0 Å². The molecule has 0 aromatic heterocycles. The van der Waals surface area contributed by atoms with Crippen LogP contribution in [-0.2, 0) is 4.74 Å². The Labute approximate surface area is 50.4 Å². The van der Waals surface area contributed by atoms with E-state index in [9.17, 15) is 0 Å². The van der Waals surface area contributed by atoms with Crippen LogP contribution in [-0.4, -0.2) is 37.7 Å². The normalized spacial score (nSPS) is 23.5. The molecule has 0 saturated carbocycles. The van der Waals surface area contributed by atoms with E-state index in [-0.39, 0.29) is 0 Å². The van der Waals surface area contributed by atoms with Crippen LogP contribution in [0, 0.1) is 6.92 Å². The van der Waals surface area contributed by atoms with Crippen LogP contribution in [0.5, 0.6) is 0 Å². The first-order chi connectivity index (χ1) is 3.93. The lowest BCUT2D eigenvalue weighted by atomic mass is 10.4. The first-order valence-electron chi connectivity index (χ1n) is 3.03. The summed E-state index contributed by atoms with van der Waals surface area (Å²) in [6.07, 6.45) is 0. The maximum Gasteiger partial charge on any atom is 0.139 e. The molecule has 0 amide bonds. The SMILES string of the molecule is [CH2+]CN1CCOCC1. The molecule has 0 atom stereocenters.